The van der Waals surface area contributed by atoms with E-state index in [1.165, 1.54) is 11.9 Å². The minimum Gasteiger partial charge on any atom is -0.480 e. The fourth-order valence-corrected chi connectivity index (χ4v) is 1.11. The second kappa shape index (κ2) is 6.27. The fourth-order valence-electron chi connectivity index (χ4n) is 1.11. The van der Waals surface area contributed by atoms with E-state index in [1.807, 2.05) is 0 Å². The van der Waals surface area contributed by atoms with E-state index in [4.69, 9.17) is 5.11 Å². The van der Waals surface area contributed by atoms with Gasteiger partial charge in [0.25, 0.3) is 0 Å². The Labute approximate surface area is 90.7 Å². The van der Waals surface area contributed by atoms with Gasteiger partial charge >= 0.3 is 12.0 Å². The maximum Gasteiger partial charge on any atom is 0.323 e. The Morgan fingerprint density at radius 1 is 1.20 bits per heavy atom. The van der Waals surface area contributed by atoms with Crippen LogP contribution in [0.5, 0.6) is 0 Å². The first-order valence-corrected chi connectivity index (χ1v) is 5.02. The van der Waals surface area contributed by atoms with Crippen LogP contribution in [0.15, 0.2) is 0 Å². The molecule has 0 aliphatic rings. The lowest BCUT2D eigenvalue weighted by atomic mass is 10.1. The molecule has 0 fully saturated rings. The van der Waals surface area contributed by atoms with Gasteiger partial charge in [-0.25, -0.2) is 4.79 Å². The lowest BCUT2D eigenvalue weighted by Crippen LogP contribution is -2.41. The molecule has 0 unspecified atom stereocenters. The van der Waals surface area contributed by atoms with E-state index in [-0.39, 0.29) is 12.6 Å². The van der Waals surface area contributed by atoms with Crippen molar-refractivity contribution in [1.29, 1.82) is 0 Å². The topological polar surface area (TPSA) is 60.9 Å². The van der Waals surface area contributed by atoms with Crippen LogP contribution in [0, 0.1) is 5.92 Å². The van der Waals surface area contributed by atoms with Crippen molar-refractivity contribution in [3.8, 4) is 0 Å². The van der Waals surface area contributed by atoms with Crippen LogP contribution in [-0.4, -0.2) is 54.1 Å². The highest BCUT2D eigenvalue weighted by Gasteiger charge is 2.16. The highest BCUT2D eigenvalue weighted by molar-refractivity contribution is 5.79. The molecule has 0 saturated carbocycles. The standard InChI is InChI=1S/C10H20N2O3/c1-8(2)5-6-11(3)10(15)12(4)7-9(13)14/h8H,5-7H2,1-4H3,(H,13,14). The minimum atomic E-state index is -0.997. The van der Waals surface area contributed by atoms with Crippen LogP contribution in [0.3, 0.4) is 0 Å². The third kappa shape index (κ3) is 5.93. The van der Waals surface area contributed by atoms with Crippen molar-refractivity contribution >= 4 is 12.0 Å². The van der Waals surface area contributed by atoms with Crippen molar-refractivity contribution in [2.75, 3.05) is 27.2 Å². The number of carbonyl (C=O) groups excluding carboxylic acids is 1. The Hall–Kier alpha value is -1.26. The molecular weight excluding hydrogens is 196 g/mol. The third-order valence-electron chi connectivity index (χ3n) is 2.07. The number of carbonyl (C=O) groups is 2. The van der Waals surface area contributed by atoms with Crippen molar-refractivity contribution in [2.45, 2.75) is 20.3 Å². The second-order valence-corrected chi connectivity index (χ2v) is 4.14. The van der Waals surface area contributed by atoms with Crippen LogP contribution in [0.2, 0.25) is 0 Å². The van der Waals surface area contributed by atoms with Gasteiger partial charge in [0, 0.05) is 20.6 Å². The van der Waals surface area contributed by atoms with Crippen molar-refractivity contribution < 1.29 is 14.7 Å². The molecule has 0 aromatic heterocycles. The van der Waals surface area contributed by atoms with Crippen LogP contribution >= 0.6 is 0 Å². The molecule has 2 amide bonds. The molecule has 0 saturated heterocycles. The molecule has 1 N–H and O–H groups in total. The summed E-state index contributed by atoms with van der Waals surface area (Å²) in [5.41, 5.74) is 0. The van der Waals surface area contributed by atoms with Gasteiger partial charge < -0.3 is 14.9 Å². The van der Waals surface area contributed by atoms with E-state index < -0.39 is 5.97 Å². The Bertz CT molecular complexity index is 229. The molecule has 5 nitrogen and oxygen atoms in total. The van der Waals surface area contributed by atoms with E-state index in [1.54, 1.807) is 11.9 Å². The Kier molecular flexibility index (Phi) is 5.74. The molecule has 88 valence electrons. The number of carboxylic acid groups (broad SMARTS) is 1. The largest absolute Gasteiger partial charge is 0.480 e. The van der Waals surface area contributed by atoms with Gasteiger partial charge in [0.05, 0.1) is 0 Å². The maximum absolute atomic E-state index is 11.6. The van der Waals surface area contributed by atoms with E-state index in [0.29, 0.717) is 12.5 Å². The lowest BCUT2D eigenvalue weighted by Gasteiger charge is -2.24. The molecule has 0 bridgehead atoms. The van der Waals surface area contributed by atoms with Crippen molar-refractivity contribution in [1.82, 2.24) is 9.80 Å². The van der Waals surface area contributed by atoms with E-state index in [9.17, 15) is 9.59 Å². The summed E-state index contributed by atoms with van der Waals surface area (Å²) >= 11 is 0. The quantitative estimate of drug-likeness (QED) is 0.748. The molecule has 0 heterocycles. The summed E-state index contributed by atoms with van der Waals surface area (Å²) in [7, 11) is 3.17. The van der Waals surface area contributed by atoms with Crippen LogP contribution in [0.4, 0.5) is 4.79 Å². The predicted octanol–water partition coefficient (Wildman–Crippen LogP) is 1.10. The lowest BCUT2D eigenvalue weighted by molar-refractivity contribution is -0.137. The first kappa shape index (κ1) is 13.7. The van der Waals surface area contributed by atoms with Crippen molar-refractivity contribution in [3.63, 3.8) is 0 Å². The highest BCUT2D eigenvalue weighted by atomic mass is 16.4. The van der Waals surface area contributed by atoms with Gasteiger partial charge in [-0.15, -0.1) is 0 Å². The molecule has 0 spiro atoms. The van der Waals surface area contributed by atoms with Gasteiger partial charge in [0.2, 0.25) is 0 Å². The molecule has 0 aliphatic carbocycles. The number of likely N-dealkylation sites (N-methyl/N-ethyl adjacent to an activating group) is 1. The number of rotatable bonds is 5. The van der Waals surface area contributed by atoms with Crippen LogP contribution in [-0.2, 0) is 4.79 Å². The SMILES string of the molecule is CC(C)CCN(C)C(=O)N(C)CC(=O)O. The highest BCUT2D eigenvalue weighted by Crippen LogP contribution is 2.02. The zero-order chi connectivity index (χ0) is 12.0. The van der Waals surface area contributed by atoms with Crippen molar-refractivity contribution in [2.24, 2.45) is 5.92 Å². The number of hydrogen-bond acceptors (Lipinski definition) is 2. The summed E-state index contributed by atoms with van der Waals surface area (Å²) in [6, 6.07) is -0.252. The van der Waals surface area contributed by atoms with E-state index in [0.717, 1.165) is 6.42 Å². The summed E-state index contributed by atoms with van der Waals surface area (Å²) in [6.45, 7) is 4.56. The number of carboxylic acids is 1. The number of nitrogens with zero attached hydrogens (tertiary/aromatic N) is 2. The minimum absolute atomic E-state index is 0.252. The molecule has 0 aromatic rings. The fraction of sp³-hybridized carbons (Fsp3) is 0.800. The number of aliphatic carboxylic acids is 1. The molecule has 0 atom stereocenters. The second-order valence-electron chi connectivity index (χ2n) is 4.14. The average molecular weight is 216 g/mol. The van der Waals surface area contributed by atoms with Crippen LogP contribution in [0.25, 0.3) is 0 Å². The summed E-state index contributed by atoms with van der Waals surface area (Å²) in [6.07, 6.45) is 0.920. The monoisotopic (exact) mass is 216 g/mol. The normalized spacial score (nSPS) is 10.2. The molecule has 0 aromatic carbocycles. The first-order valence-electron chi connectivity index (χ1n) is 5.02. The number of hydrogen-bond donors (Lipinski definition) is 1. The van der Waals surface area contributed by atoms with Crippen LogP contribution in [0.1, 0.15) is 20.3 Å². The first-order chi connectivity index (χ1) is 6.84. The molecule has 5 heteroatoms. The van der Waals surface area contributed by atoms with Gasteiger partial charge in [-0.3, -0.25) is 4.79 Å². The smallest absolute Gasteiger partial charge is 0.323 e. The Morgan fingerprint density at radius 3 is 2.13 bits per heavy atom. The predicted molar refractivity (Wildman–Crippen MR) is 57.7 cm³/mol. The molecule has 0 aliphatic heterocycles. The summed E-state index contributed by atoms with van der Waals surface area (Å²) in [5.74, 6) is -0.465. The molecule has 0 radical (unpaired) electrons. The van der Waals surface area contributed by atoms with Crippen LogP contribution < -0.4 is 0 Å². The maximum atomic E-state index is 11.6. The summed E-state index contributed by atoms with van der Waals surface area (Å²) in [4.78, 5) is 24.7. The zero-order valence-corrected chi connectivity index (χ0v) is 9.86. The Morgan fingerprint density at radius 2 is 1.73 bits per heavy atom. The van der Waals surface area contributed by atoms with E-state index in [2.05, 4.69) is 13.8 Å². The van der Waals surface area contributed by atoms with Crippen molar-refractivity contribution in [3.05, 3.63) is 0 Å². The molecular formula is C10H20N2O3. The third-order valence-corrected chi connectivity index (χ3v) is 2.07. The summed E-state index contributed by atoms with van der Waals surface area (Å²) < 4.78 is 0. The van der Waals surface area contributed by atoms with E-state index >= 15 is 0 Å². The zero-order valence-electron chi connectivity index (χ0n) is 9.86. The Balaban J connectivity index is 4.01. The summed E-state index contributed by atoms with van der Waals surface area (Å²) in [5, 5.41) is 8.52. The van der Waals surface area contributed by atoms with Gasteiger partial charge in [-0.05, 0) is 12.3 Å². The van der Waals surface area contributed by atoms with Gasteiger partial charge in [0.15, 0.2) is 0 Å². The molecule has 0 rings (SSSR count). The van der Waals surface area contributed by atoms with Gasteiger partial charge in [-0.2, -0.15) is 0 Å². The number of urea groups is 1. The molecule has 15 heavy (non-hydrogen) atoms. The van der Waals surface area contributed by atoms with Gasteiger partial charge in [-0.1, -0.05) is 13.8 Å². The van der Waals surface area contributed by atoms with Gasteiger partial charge in [0.1, 0.15) is 6.54 Å². The number of amides is 2. The average Bonchev–Trinajstić information content (AvgIpc) is 2.11.